The third-order valence-corrected chi connectivity index (χ3v) is 4.17. The van der Waals surface area contributed by atoms with Crippen molar-refractivity contribution in [2.24, 2.45) is 10.7 Å². The van der Waals surface area contributed by atoms with Gasteiger partial charge in [0.2, 0.25) is 0 Å². The lowest BCUT2D eigenvalue weighted by molar-refractivity contribution is 0.333. The maximum absolute atomic E-state index is 6.03. The van der Waals surface area contributed by atoms with Crippen LogP contribution in [0, 0.1) is 0 Å². The molecule has 0 spiro atoms. The molecule has 0 saturated heterocycles. The summed E-state index contributed by atoms with van der Waals surface area (Å²) < 4.78 is 5.79. The Morgan fingerprint density at radius 1 is 1.19 bits per heavy atom. The molecule has 0 radical (unpaired) electrons. The van der Waals surface area contributed by atoms with Gasteiger partial charge in [-0.25, -0.2) is 0 Å². The fourth-order valence-corrected chi connectivity index (χ4v) is 2.87. The van der Waals surface area contributed by atoms with Gasteiger partial charge in [0, 0.05) is 40.4 Å². The van der Waals surface area contributed by atoms with Crippen LogP contribution in [-0.4, -0.2) is 30.0 Å². The Kier molecular flexibility index (Phi) is 6.14. The average molecular weight is 383 g/mol. The first-order chi connectivity index (χ1) is 13.0. The lowest BCUT2D eigenvalue weighted by atomic mass is 10.2. The van der Waals surface area contributed by atoms with E-state index < -0.39 is 0 Å². The van der Waals surface area contributed by atoms with Gasteiger partial charge in [0.1, 0.15) is 18.2 Å². The van der Waals surface area contributed by atoms with E-state index >= 15 is 0 Å². The quantitative estimate of drug-likeness (QED) is 0.358. The molecule has 0 aliphatic heterocycles. The van der Waals surface area contributed by atoms with Crippen molar-refractivity contribution in [2.75, 3.05) is 18.5 Å². The van der Waals surface area contributed by atoms with E-state index in [9.17, 15) is 0 Å². The zero-order valence-corrected chi connectivity index (χ0v) is 16.2. The maximum atomic E-state index is 6.03. The van der Waals surface area contributed by atoms with Gasteiger partial charge in [-0.05, 0) is 62.4 Å². The van der Waals surface area contributed by atoms with Crippen molar-refractivity contribution in [3.63, 3.8) is 0 Å². The number of nitrogens with one attached hydrogen (secondary N) is 1. The zero-order valence-electron chi connectivity index (χ0n) is 15.4. The molecule has 0 bridgehead atoms. The highest BCUT2D eigenvalue weighted by Gasteiger charge is 2.03. The molecule has 1 heterocycles. The number of amidine groups is 1. The van der Waals surface area contributed by atoms with Crippen LogP contribution >= 0.6 is 11.6 Å². The predicted molar refractivity (Wildman–Crippen MR) is 113 cm³/mol. The molecule has 0 atom stereocenters. The van der Waals surface area contributed by atoms with Crippen LogP contribution in [-0.2, 0) is 0 Å². The van der Waals surface area contributed by atoms with Gasteiger partial charge >= 0.3 is 0 Å². The van der Waals surface area contributed by atoms with E-state index in [0.717, 1.165) is 27.9 Å². The molecular weight excluding hydrogens is 360 g/mol. The Morgan fingerprint density at radius 3 is 2.70 bits per heavy atom. The highest BCUT2D eigenvalue weighted by atomic mass is 35.5. The van der Waals surface area contributed by atoms with Crippen molar-refractivity contribution >= 4 is 34.0 Å². The van der Waals surface area contributed by atoms with E-state index in [1.165, 1.54) is 0 Å². The summed E-state index contributed by atoms with van der Waals surface area (Å²) >= 11 is 6.03. The topological polar surface area (TPSA) is 72.5 Å². The summed E-state index contributed by atoms with van der Waals surface area (Å²) in [6, 6.07) is 15.5. The summed E-state index contributed by atoms with van der Waals surface area (Å²) in [7, 11) is 0. The van der Waals surface area contributed by atoms with Crippen LogP contribution in [0.2, 0.25) is 5.02 Å². The van der Waals surface area contributed by atoms with Gasteiger partial charge in [0.15, 0.2) is 0 Å². The van der Waals surface area contributed by atoms with Crippen LogP contribution in [0.5, 0.6) is 5.75 Å². The Morgan fingerprint density at radius 2 is 1.96 bits per heavy atom. The standard InChI is InChI=1S/C21H23ClN4O/c1-14(2)26-21(23)15-3-6-17(7-4-15)27-12-11-25-19-9-10-24-20-13-16(22)5-8-18(19)20/h3-10,13-14H,11-12H2,1-2H3,(H2,23,26)(H,24,25). The smallest absolute Gasteiger partial charge is 0.125 e. The van der Waals surface area contributed by atoms with E-state index in [-0.39, 0.29) is 6.04 Å². The van der Waals surface area contributed by atoms with E-state index in [1.807, 2.05) is 62.4 Å². The van der Waals surface area contributed by atoms with Crippen LogP contribution < -0.4 is 15.8 Å². The highest BCUT2D eigenvalue weighted by Crippen LogP contribution is 2.24. The molecule has 27 heavy (non-hydrogen) atoms. The zero-order chi connectivity index (χ0) is 19.2. The molecule has 3 N–H and O–H groups in total. The largest absolute Gasteiger partial charge is 0.492 e. The van der Waals surface area contributed by atoms with E-state index in [2.05, 4.69) is 15.3 Å². The third-order valence-electron chi connectivity index (χ3n) is 3.94. The fraction of sp³-hybridized carbons (Fsp3) is 0.238. The maximum Gasteiger partial charge on any atom is 0.125 e. The lowest BCUT2D eigenvalue weighted by Crippen LogP contribution is -2.15. The molecule has 3 aromatic rings. The molecular formula is C21H23ClN4O. The van der Waals surface area contributed by atoms with Gasteiger partial charge < -0.3 is 15.8 Å². The van der Waals surface area contributed by atoms with E-state index in [0.29, 0.717) is 24.0 Å². The molecule has 2 aromatic carbocycles. The normalized spacial score (nSPS) is 11.8. The Bertz CT molecular complexity index is 939. The number of aromatic nitrogens is 1. The number of hydrogen-bond acceptors (Lipinski definition) is 4. The highest BCUT2D eigenvalue weighted by molar-refractivity contribution is 6.31. The van der Waals surface area contributed by atoms with Gasteiger partial charge in [-0.1, -0.05) is 11.6 Å². The summed E-state index contributed by atoms with van der Waals surface area (Å²) in [5.74, 6) is 1.34. The molecule has 0 saturated carbocycles. The van der Waals surface area contributed by atoms with Gasteiger partial charge in [-0.15, -0.1) is 0 Å². The molecule has 140 valence electrons. The second-order valence-corrected chi connectivity index (χ2v) is 6.86. The third kappa shape index (κ3) is 5.11. The molecule has 0 aliphatic rings. The number of fused-ring (bicyclic) bond motifs is 1. The number of nitrogens with two attached hydrogens (primary N) is 1. The van der Waals surface area contributed by atoms with Crippen molar-refractivity contribution in [2.45, 2.75) is 19.9 Å². The van der Waals surface area contributed by atoms with Crippen molar-refractivity contribution in [1.29, 1.82) is 0 Å². The number of aliphatic imine (C=N–C) groups is 1. The Balaban J connectivity index is 1.55. The number of halogens is 1. The monoisotopic (exact) mass is 382 g/mol. The number of nitrogens with zero attached hydrogens (tertiary/aromatic N) is 2. The molecule has 6 heteroatoms. The van der Waals surface area contributed by atoms with Crippen molar-refractivity contribution in [3.8, 4) is 5.75 Å². The number of ether oxygens (including phenoxy) is 1. The summed E-state index contributed by atoms with van der Waals surface area (Å²) in [4.78, 5) is 8.69. The van der Waals surface area contributed by atoms with Crippen LogP contribution in [0.1, 0.15) is 19.4 Å². The van der Waals surface area contributed by atoms with Gasteiger partial charge in [0.25, 0.3) is 0 Å². The fourth-order valence-electron chi connectivity index (χ4n) is 2.70. The lowest BCUT2D eigenvalue weighted by Gasteiger charge is -2.11. The number of rotatable bonds is 7. The average Bonchev–Trinajstić information content (AvgIpc) is 2.65. The summed E-state index contributed by atoms with van der Waals surface area (Å²) in [6.07, 6.45) is 1.77. The van der Waals surface area contributed by atoms with Gasteiger partial charge in [-0.3, -0.25) is 9.98 Å². The molecule has 5 nitrogen and oxygen atoms in total. The second kappa shape index (κ2) is 8.73. The SMILES string of the molecule is CC(C)N=C(N)c1ccc(OCCNc2ccnc3cc(Cl)ccc23)cc1. The summed E-state index contributed by atoms with van der Waals surface area (Å²) in [6.45, 7) is 5.20. The van der Waals surface area contributed by atoms with Gasteiger partial charge in [-0.2, -0.15) is 0 Å². The van der Waals surface area contributed by atoms with Crippen molar-refractivity contribution in [3.05, 3.63) is 65.3 Å². The Labute approximate surface area is 164 Å². The molecule has 0 aliphatic carbocycles. The minimum absolute atomic E-state index is 0.173. The van der Waals surface area contributed by atoms with Crippen LogP contribution in [0.15, 0.2) is 59.7 Å². The molecule has 1 aromatic heterocycles. The summed E-state index contributed by atoms with van der Waals surface area (Å²) in [5, 5.41) is 5.09. The minimum Gasteiger partial charge on any atom is -0.492 e. The van der Waals surface area contributed by atoms with Crippen molar-refractivity contribution in [1.82, 2.24) is 4.98 Å². The number of benzene rings is 2. The predicted octanol–water partition coefficient (Wildman–Crippen LogP) is 4.49. The number of pyridine rings is 1. The second-order valence-electron chi connectivity index (χ2n) is 6.43. The van der Waals surface area contributed by atoms with Crippen LogP contribution in [0.25, 0.3) is 10.9 Å². The molecule has 0 unspecified atom stereocenters. The molecule has 3 rings (SSSR count). The van der Waals surface area contributed by atoms with E-state index in [4.69, 9.17) is 22.1 Å². The van der Waals surface area contributed by atoms with E-state index in [1.54, 1.807) is 6.20 Å². The summed E-state index contributed by atoms with van der Waals surface area (Å²) in [5.41, 5.74) is 8.74. The van der Waals surface area contributed by atoms with Crippen LogP contribution in [0.3, 0.4) is 0 Å². The first kappa shape index (κ1) is 19.0. The molecule has 0 amide bonds. The minimum atomic E-state index is 0.173. The number of anilines is 1. The first-order valence-electron chi connectivity index (χ1n) is 8.87. The first-order valence-corrected chi connectivity index (χ1v) is 9.25. The van der Waals surface area contributed by atoms with Crippen molar-refractivity contribution < 1.29 is 4.74 Å². The van der Waals surface area contributed by atoms with Crippen LogP contribution in [0.4, 0.5) is 5.69 Å². The van der Waals surface area contributed by atoms with Gasteiger partial charge in [0.05, 0.1) is 5.52 Å². The Hall–Kier alpha value is -2.79. The molecule has 0 fully saturated rings. The number of hydrogen-bond donors (Lipinski definition) is 2.